The molecule has 0 bridgehead atoms. The molecule has 0 atom stereocenters. The Kier molecular flexibility index (Phi) is 7.26. The van der Waals surface area contributed by atoms with Gasteiger partial charge in [0.15, 0.2) is 5.11 Å². The highest BCUT2D eigenvalue weighted by Gasteiger charge is 2.22. The minimum absolute atomic E-state index is 0.0727. The number of likely N-dealkylation sites (N-methyl/N-ethyl adjacent to an activating group) is 1. The van der Waals surface area contributed by atoms with E-state index in [1.54, 1.807) is 42.5 Å². The van der Waals surface area contributed by atoms with Crippen molar-refractivity contribution >= 4 is 40.9 Å². The standard InChI is InChI=1S/C22H23FN4O2S/c1-26-12-14-27(15-13-26)21(29)18-4-2-3-5-19(18)24-22(30)25-20(28)11-8-16-6-9-17(23)10-7-16/h2-11H,12-15H2,1H3,(H2,24,25,28,30)/b11-8+. The summed E-state index contributed by atoms with van der Waals surface area (Å²) in [7, 11) is 2.03. The summed E-state index contributed by atoms with van der Waals surface area (Å²) < 4.78 is 12.9. The predicted molar refractivity (Wildman–Crippen MR) is 120 cm³/mol. The van der Waals surface area contributed by atoms with Gasteiger partial charge in [0, 0.05) is 32.3 Å². The summed E-state index contributed by atoms with van der Waals surface area (Å²) in [5, 5.41) is 5.57. The topological polar surface area (TPSA) is 64.7 Å². The number of benzene rings is 2. The normalized spacial score (nSPS) is 14.5. The van der Waals surface area contributed by atoms with E-state index < -0.39 is 5.91 Å². The van der Waals surface area contributed by atoms with Gasteiger partial charge in [-0.25, -0.2) is 4.39 Å². The van der Waals surface area contributed by atoms with Crippen molar-refractivity contribution in [3.8, 4) is 0 Å². The van der Waals surface area contributed by atoms with Gasteiger partial charge in [0.05, 0.1) is 11.3 Å². The Morgan fingerprint density at radius 2 is 1.70 bits per heavy atom. The van der Waals surface area contributed by atoms with Gasteiger partial charge < -0.3 is 15.1 Å². The molecule has 0 aromatic heterocycles. The van der Waals surface area contributed by atoms with Gasteiger partial charge in [0.1, 0.15) is 5.82 Å². The predicted octanol–water partition coefficient (Wildman–Crippen LogP) is 2.74. The summed E-state index contributed by atoms with van der Waals surface area (Å²) in [5.74, 6) is -0.844. The van der Waals surface area contributed by atoms with Crippen molar-refractivity contribution < 1.29 is 14.0 Å². The highest BCUT2D eigenvalue weighted by atomic mass is 32.1. The molecule has 156 valence electrons. The van der Waals surface area contributed by atoms with Gasteiger partial charge in [-0.3, -0.25) is 14.9 Å². The van der Waals surface area contributed by atoms with Crippen LogP contribution in [0.2, 0.25) is 0 Å². The monoisotopic (exact) mass is 426 g/mol. The van der Waals surface area contributed by atoms with E-state index in [-0.39, 0.29) is 16.8 Å². The fourth-order valence-electron chi connectivity index (χ4n) is 3.01. The van der Waals surface area contributed by atoms with Crippen molar-refractivity contribution in [1.29, 1.82) is 0 Å². The lowest BCUT2D eigenvalue weighted by Gasteiger charge is -2.32. The number of halogens is 1. The first-order chi connectivity index (χ1) is 14.4. The number of hydrogen-bond acceptors (Lipinski definition) is 4. The van der Waals surface area contributed by atoms with Crippen LogP contribution in [0, 0.1) is 5.82 Å². The van der Waals surface area contributed by atoms with E-state index in [9.17, 15) is 14.0 Å². The summed E-state index contributed by atoms with van der Waals surface area (Å²) in [6.07, 6.45) is 2.87. The number of carbonyl (C=O) groups is 2. The van der Waals surface area contributed by atoms with Crippen molar-refractivity contribution in [2.45, 2.75) is 0 Å². The molecule has 1 saturated heterocycles. The molecule has 3 rings (SSSR count). The molecule has 0 unspecified atom stereocenters. The average molecular weight is 427 g/mol. The summed E-state index contributed by atoms with van der Waals surface area (Å²) in [6.45, 7) is 2.99. The molecule has 8 heteroatoms. The number of para-hydroxylation sites is 1. The quantitative estimate of drug-likeness (QED) is 0.582. The summed E-state index contributed by atoms with van der Waals surface area (Å²) >= 11 is 5.22. The van der Waals surface area contributed by atoms with Crippen LogP contribution in [0.5, 0.6) is 0 Å². The number of carbonyl (C=O) groups excluding carboxylic acids is 2. The van der Waals surface area contributed by atoms with Gasteiger partial charge in [-0.2, -0.15) is 0 Å². The summed E-state index contributed by atoms with van der Waals surface area (Å²) in [4.78, 5) is 29.0. The van der Waals surface area contributed by atoms with Gasteiger partial charge in [0.2, 0.25) is 5.91 Å². The molecule has 0 saturated carbocycles. The number of nitrogens with one attached hydrogen (secondary N) is 2. The van der Waals surface area contributed by atoms with E-state index in [0.717, 1.165) is 13.1 Å². The maximum absolute atomic E-state index is 12.9. The number of nitrogens with zero attached hydrogens (tertiary/aromatic N) is 2. The minimum atomic E-state index is -0.431. The fraction of sp³-hybridized carbons (Fsp3) is 0.227. The molecule has 0 spiro atoms. The molecule has 1 aliphatic heterocycles. The maximum atomic E-state index is 12.9. The zero-order valence-electron chi connectivity index (χ0n) is 16.6. The third-order valence-corrected chi connectivity index (χ3v) is 4.93. The average Bonchev–Trinajstić information content (AvgIpc) is 2.74. The van der Waals surface area contributed by atoms with Crippen molar-refractivity contribution in [1.82, 2.24) is 15.1 Å². The minimum Gasteiger partial charge on any atom is -0.336 e. The first kappa shape index (κ1) is 21.6. The number of thiocarbonyl (C=S) groups is 1. The van der Waals surface area contributed by atoms with Crippen LogP contribution in [0.1, 0.15) is 15.9 Å². The van der Waals surface area contributed by atoms with E-state index in [0.29, 0.717) is 29.9 Å². The first-order valence-electron chi connectivity index (χ1n) is 9.55. The Bertz CT molecular complexity index is 954. The summed E-state index contributed by atoms with van der Waals surface area (Å²) in [5.41, 5.74) is 1.73. The van der Waals surface area contributed by atoms with Crippen molar-refractivity contribution in [3.63, 3.8) is 0 Å². The van der Waals surface area contributed by atoms with E-state index in [4.69, 9.17) is 12.2 Å². The van der Waals surface area contributed by atoms with Crippen LogP contribution < -0.4 is 10.6 Å². The van der Waals surface area contributed by atoms with Gasteiger partial charge >= 0.3 is 0 Å². The van der Waals surface area contributed by atoms with Crippen LogP contribution in [0.25, 0.3) is 6.08 Å². The van der Waals surface area contributed by atoms with Gasteiger partial charge in [-0.1, -0.05) is 24.3 Å². The Morgan fingerprint density at radius 3 is 2.40 bits per heavy atom. The van der Waals surface area contributed by atoms with E-state index >= 15 is 0 Å². The molecule has 2 N–H and O–H groups in total. The molecule has 0 radical (unpaired) electrons. The van der Waals surface area contributed by atoms with E-state index in [2.05, 4.69) is 15.5 Å². The summed E-state index contributed by atoms with van der Waals surface area (Å²) in [6, 6.07) is 12.8. The van der Waals surface area contributed by atoms with Gasteiger partial charge in [-0.15, -0.1) is 0 Å². The van der Waals surface area contributed by atoms with Gasteiger partial charge in [-0.05, 0) is 55.2 Å². The molecule has 0 aliphatic carbocycles. The molecule has 1 aliphatic rings. The van der Waals surface area contributed by atoms with Crippen LogP contribution in [-0.4, -0.2) is 60.0 Å². The third-order valence-electron chi connectivity index (χ3n) is 4.73. The lowest BCUT2D eigenvalue weighted by atomic mass is 10.1. The Hall–Kier alpha value is -3.10. The van der Waals surface area contributed by atoms with Crippen LogP contribution in [-0.2, 0) is 4.79 Å². The number of hydrogen-bond donors (Lipinski definition) is 2. The number of rotatable bonds is 4. The fourth-order valence-corrected chi connectivity index (χ4v) is 3.22. The zero-order chi connectivity index (χ0) is 21.5. The molecule has 6 nitrogen and oxygen atoms in total. The molecule has 1 fully saturated rings. The van der Waals surface area contributed by atoms with Gasteiger partial charge in [0.25, 0.3) is 5.91 Å². The SMILES string of the molecule is CN1CCN(C(=O)c2ccccc2NC(=S)NC(=O)/C=C/c2ccc(F)cc2)CC1. The first-order valence-corrected chi connectivity index (χ1v) is 9.95. The lowest BCUT2D eigenvalue weighted by Crippen LogP contribution is -2.47. The van der Waals surface area contributed by atoms with Crippen molar-refractivity contribution in [2.24, 2.45) is 0 Å². The van der Waals surface area contributed by atoms with E-state index in [1.807, 2.05) is 11.9 Å². The van der Waals surface area contributed by atoms with E-state index in [1.165, 1.54) is 18.2 Å². The Morgan fingerprint density at radius 1 is 1.03 bits per heavy atom. The van der Waals surface area contributed by atoms with Crippen LogP contribution in [0.4, 0.5) is 10.1 Å². The zero-order valence-corrected chi connectivity index (χ0v) is 17.4. The lowest BCUT2D eigenvalue weighted by molar-refractivity contribution is -0.115. The highest BCUT2D eigenvalue weighted by molar-refractivity contribution is 7.80. The molecular formula is C22H23FN4O2S. The largest absolute Gasteiger partial charge is 0.336 e. The smallest absolute Gasteiger partial charge is 0.256 e. The molecule has 2 aromatic carbocycles. The van der Waals surface area contributed by atoms with Crippen LogP contribution >= 0.6 is 12.2 Å². The Balaban J connectivity index is 1.60. The highest BCUT2D eigenvalue weighted by Crippen LogP contribution is 2.18. The molecule has 30 heavy (non-hydrogen) atoms. The molecular weight excluding hydrogens is 403 g/mol. The van der Waals surface area contributed by atoms with Crippen LogP contribution in [0.15, 0.2) is 54.6 Å². The maximum Gasteiger partial charge on any atom is 0.256 e. The second-order valence-corrected chi connectivity index (χ2v) is 7.38. The number of piperazine rings is 1. The van der Waals surface area contributed by atoms with Crippen molar-refractivity contribution in [3.05, 3.63) is 71.6 Å². The molecule has 2 aromatic rings. The van der Waals surface area contributed by atoms with Crippen LogP contribution in [0.3, 0.4) is 0 Å². The molecule has 1 heterocycles. The van der Waals surface area contributed by atoms with Crippen molar-refractivity contribution in [2.75, 3.05) is 38.5 Å². The molecule has 2 amide bonds. The number of amides is 2. The second-order valence-electron chi connectivity index (χ2n) is 6.97. The second kappa shape index (κ2) is 10.1. The Labute approximate surface area is 180 Å². The third kappa shape index (κ3) is 5.95. The number of anilines is 1.